The molecule has 3 rings (SSSR count). The molecule has 0 aliphatic rings. The molecule has 0 aliphatic carbocycles. The van der Waals surface area contributed by atoms with Gasteiger partial charge in [0.1, 0.15) is 13.4 Å². The first kappa shape index (κ1) is 17.8. The Kier molecular flexibility index (Phi) is 5.76. The molecule has 2 aromatic carbocycles. The fourth-order valence-corrected chi connectivity index (χ4v) is 2.33. The molecule has 0 saturated carbocycles. The van der Waals surface area contributed by atoms with Gasteiger partial charge < -0.3 is 9.32 Å². The average molecular weight is 324 g/mol. The maximum Gasteiger partial charge on any atom is 0.269 e. The SMILES string of the molecule is BC(c1ccc([N+](=O)[O-])cc1)c1ccc2occc2c1.CN(C)C. The van der Waals surface area contributed by atoms with Gasteiger partial charge in [0.05, 0.1) is 11.2 Å². The summed E-state index contributed by atoms with van der Waals surface area (Å²) in [6.45, 7) is 0. The molecule has 0 amide bonds. The zero-order valence-corrected chi connectivity index (χ0v) is 14.4. The van der Waals surface area contributed by atoms with Gasteiger partial charge in [0.25, 0.3) is 5.69 Å². The maximum atomic E-state index is 10.7. The molecule has 6 heteroatoms. The summed E-state index contributed by atoms with van der Waals surface area (Å²) in [7, 11) is 8.09. The van der Waals surface area contributed by atoms with Crippen molar-refractivity contribution in [3.63, 3.8) is 0 Å². The summed E-state index contributed by atoms with van der Waals surface area (Å²) >= 11 is 0. The van der Waals surface area contributed by atoms with E-state index in [9.17, 15) is 10.1 Å². The Bertz CT molecular complexity index is 810. The van der Waals surface area contributed by atoms with Gasteiger partial charge in [0.15, 0.2) is 0 Å². The molecule has 0 saturated heterocycles. The third kappa shape index (κ3) is 4.46. The van der Waals surface area contributed by atoms with Crippen LogP contribution in [0.25, 0.3) is 11.0 Å². The highest BCUT2D eigenvalue weighted by Crippen LogP contribution is 2.26. The molecule has 0 radical (unpaired) electrons. The van der Waals surface area contributed by atoms with Gasteiger partial charge in [-0.2, -0.15) is 0 Å². The van der Waals surface area contributed by atoms with Crippen LogP contribution in [0.5, 0.6) is 0 Å². The average Bonchev–Trinajstić information content (AvgIpc) is 3.01. The number of nitrogens with zero attached hydrogens (tertiary/aromatic N) is 2. The fourth-order valence-electron chi connectivity index (χ4n) is 2.33. The van der Waals surface area contributed by atoms with Crippen LogP contribution < -0.4 is 0 Å². The van der Waals surface area contributed by atoms with Crippen LogP contribution in [0.4, 0.5) is 5.69 Å². The Labute approximate surface area is 142 Å². The van der Waals surface area contributed by atoms with Crippen molar-refractivity contribution >= 4 is 24.5 Å². The van der Waals surface area contributed by atoms with Gasteiger partial charge in [-0.25, -0.2) is 0 Å². The Morgan fingerprint density at radius 1 is 1.04 bits per heavy atom. The molecule has 1 atom stereocenters. The minimum Gasteiger partial charge on any atom is -0.464 e. The van der Waals surface area contributed by atoms with E-state index in [1.165, 1.54) is 0 Å². The molecule has 24 heavy (non-hydrogen) atoms. The quantitative estimate of drug-likeness (QED) is 0.422. The topological polar surface area (TPSA) is 59.5 Å². The van der Waals surface area contributed by atoms with E-state index in [0.29, 0.717) is 0 Å². The zero-order chi connectivity index (χ0) is 17.7. The van der Waals surface area contributed by atoms with E-state index in [1.807, 2.05) is 56.4 Å². The lowest BCUT2D eigenvalue weighted by Crippen LogP contribution is -2.00. The second-order valence-corrected chi connectivity index (χ2v) is 6.13. The minimum atomic E-state index is -0.383. The molecule has 0 fully saturated rings. The lowest BCUT2D eigenvalue weighted by molar-refractivity contribution is -0.384. The molecule has 1 aromatic heterocycles. The normalized spacial score (nSPS) is 11.8. The third-order valence-electron chi connectivity index (χ3n) is 3.58. The summed E-state index contributed by atoms with van der Waals surface area (Å²) in [6.07, 6.45) is 1.67. The predicted octanol–water partition coefficient (Wildman–Crippen LogP) is 3.24. The van der Waals surface area contributed by atoms with Crippen LogP contribution in [-0.2, 0) is 0 Å². The molecule has 0 aliphatic heterocycles. The standard InChI is InChI=1S/C15H12BNO3.C3H9N/c16-15(10-1-4-13(5-2-10)17(18)19)12-3-6-14-11(9-12)7-8-20-14;1-4(2)3/h1-9,15H,16H2;1-3H3. The summed E-state index contributed by atoms with van der Waals surface area (Å²) in [6, 6.07) is 14.7. The van der Waals surface area contributed by atoms with E-state index in [2.05, 4.69) is 13.9 Å². The van der Waals surface area contributed by atoms with Crippen LogP contribution >= 0.6 is 0 Å². The van der Waals surface area contributed by atoms with Crippen LogP contribution in [0.15, 0.2) is 59.2 Å². The number of hydrogen-bond donors (Lipinski definition) is 0. The van der Waals surface area contributed by atoms with E-state index >= 15 is 0 Å². The van der Waals surface area contributed by atoms with Crippen molar-refractivity contribution in [1.29, 1.82) is 0 Å². The largest absolute Gasteiger partial charge is 0.464 e. The number of rotatable bonds is 3. The van der Waals surface area contributed by atoms with Crippen molar-refractivity contribution in [2.45, 2.75) is 5.82 Å². The first-order valence-corrected chi connectivity index (χ1v) is 7.71. The van der Waals surface area contributed by atoms with E-state index < -0.39 is 0 Å². The van der Waals surface area contributed by atoms with Crippen molar-refractivity contribution in [1.82, 2.24) is 4.90 Å². The molecular formula is C18H21BN2O3. The maximum absolute atomic E-state index is 10.7. The molecule has 3 aromatic rings. The lowest BCUT2D eigenvalue weighted by Gasteiger charge is -2.12. The van der Waals surface area contributed by atoms with Crippen LogP contribution in [0, 0.1) is 10.1 Å². The number of nitro groups is 1. The summed E-state index contributed by atoms with van der Waals surface area (Å²) in [5, 5.41) is 11.7. The number of nitro benzene ring substituents is 1. The highest BCUT2D eigenvalue weighted by atomic mass is 16.6. The molecule has 0 spiro atoms. The van der Waals surface area contributed by atoms with Crippen molar-refractivity contribution in [3.05, 3.63) is 76.0 Å². The summed E-state index contributed by atoms with van der Waals surface area (Å²) in [5.41, 5.74) is 3.20. The van der Waals surface area contributed by atoms with Gasteiger partial charge in [-0.05, 0) is 56.3 Å². The number of hydrogen-bond acceptors (Lipinski definition) is 4. The first-order chi connectivity index (χ1) is 11.4. The molecule has 0 bridgehead atoms. The predicted molar refractivity (Wildman–Crippen MR) is 99.3 cm³/mol. The molecule has 5 nitrogen and oxygen atoms in total. The monoisotopic (exact) mass is 324 g/mol. The Morgan fingerprint density at radius 2 is 1.62 bits per heavy atom. The van der Waals surface area contributed by atoms with Crippen molar-refractivity contribution in [3.8, 4) is 0 Å². The van der Waals surface area contributed by atoms with E-state index in [4.69, 9.17) is 4.42 Å². The van der Waals surface area contributed by atoms with Crippen LogP contribution in [0.1, 0.15) is 16.9 Å². The summed E-state index contributed by atoms with van der Waals surface area (Å²) in [5.74, 6) is 0.176. The first-order valence-electron chi connectivity index (χ1n) is 7.71. The number of furan rings is 1. The Morgan fingerprint density at radius 3 is 2.21 bits per heavy atom. The van der Waals surface area contributed by atoms with Gasteiger partial charge >= 0.3 is 0 Å². The molecule has 124 valence electrons. The third-order valence-corrected chi connectivity index (χ3v) is 3.58. The van der Waals surface area contributed by atoms with Crippen molar-refractivity contribution < 1.29 is 9.34 Å². The highest BCUT2D eigenvalue weighted by molar-refractivity contribution is 6.14. The number of benzene rings is 2. The molecular weight excluding hydrogens is 303 g/mol. The van der Waals surface area contributed by atoms with Crippen molar-refractivity contribution in [2.75, 3.05) is 21.1 Å². The molecule has 1 unspecified atom stereocenters. The second kappa shape index (κ2) is 7.79. The minimum absolute atomic E-state index is 0.117. The van der Waals surface area contributed by atoms with E-state index in [1.54, 1.807) is 18.4 Å². The smallest absolute Gasteiger partial charge is 0.269 e. The van der Waals surface area contributed by atoms with Crippen molar-refractivity contribution in [2.24, 2.45) is 0 Å². The van der Waals surface area contributed by atoms with Crippen LogP contribution in [0.3, 0.4) is 0 Å². The van der Waals surface area contributed by atoms with Crippen LogP contribution in [0.2, 0.25) is 0 Å². The number of fused-ring (bicyclic) bond motifs is 1. The van der Waals surface area contributed by atoms with Gasteiger partial charge in [-0.15, -0.1) is 0 Å². The zero-order valence-electron chi connectivity index (χ0n) is 14.4. The lowest BCUT2D eigenvalue weighted by atomic mass is 9.75. The summed E-state index contributed by atoms with van der Waals surface area (Å²) in [4.78, 5) is 12.3. The van der Waals surface area contributed by atoms with Gasteiger partial charge in [-0.1, -0.05) is 18.2 Å². The van der Waals surface area contributed by atoms with Gasteiger partial charge in [-0.3, -0.25) is 10.1 Å². The van der Waals surface area contributed by atoms with Crippen LogP contribution in [-0.4, -0.2) is 38.8 Å². The summed E-state index contributed by atoms with van der Waals surface area (Å²) < 4.78 is 5.33. The van der Waals surface area contributed by atoms with E-state index in [0.717, 1.165) is 22.1 Å². The number of non-ortho nitro benzene ring substituents is 1. The Hall–Kier alpha value is -2.60. The van der Waals surface area contributed by atoms with E-state index in [-0.39, 0.29) is 16.4 Å². The second-order valence-electron chi connectivity index (χ2n) is 6.13. The van der Waals surface area contributed by atoms with Gasteiger partial charge in [0.2, 0.25) is 0 Å². The highest BCUT2D eigenvalue weighted by Gasteiger charge is 2.12. The fraction of sp³-hybridized carbons (Fsp3) is 0.222. The van der Waals surface area contributed by atoms with Gasteiger partial charge in [0, 0.05) is 17.5 Å². The Balaban J connectivity index is 0.000000471. The molecule has 0 N–H and O–H groups in total. The molecule has 1 heterocycles.